The molecule has 0 aromatic heterocycles. The van der Waals surface area contributed by atoms with Gasteiger partial charge in [-0.05, 0) is 25.3 Å². The van der Waals surface area contributed by atoms with E-state index in [-0.39, 0.29) is 0 Å². The average molecular weight is 181 g/mol. The van der Waals surface area contributed by atoms with E-state index in [1.54, 1.807) is 7.11 Å². The van der Waals surface area contributed by atoms with Gasteiger partial charge in [-0.2, -0.15) is 0 Å². The summed E-state index contributed by atoms with van der Waals surface area (Å²) in [7, 11) is 1.75. The molecule has 1 saturated heterocycles. The predicted molar refractivity (Wildman–Crippen MR) is 55.6 cm³/mol. The lowest BCUT2D eigenvalue weighted by atomic mass is 10.2. The van der Waals surface area contributed by atoms with E-state index in [0.29, 0.717) is 6.04 Å². The number of likely N-dealkylation sites (tertiary alicyclic amines) is 1. The zero-order valence-corrected chi connectivity index (χ0v) is 8.68. The van der Waals surface area contributed by atoms with Crippen molar-refractivity contribution in [3.63, 3.8) is 0 Å². The summed E-state index contributed by atoms with van der Waals surface area (Å²) in [5.41, 5.74) is 2.13. The molecular weight excluding hydrogens is 162 g/mol. The largest absolute Gasteiger partial charge is 0.383 e. The summed E-state index contributed by atoms with van der Waals surface area (Å²) < 4.78 is 5.17. The molecule has 0 radical (unpaired) electrons. The smallest absolute Gasteiger partial charge is 0.0666 e. The molecule has 0 aliphatic carbocycles. The molecule has 2 heteroatoms. The second kappa shape index (κ2) is 4.47. The first-order chi connectivity index (χ1) is 6.16. The molecule has 1 rings (SSSR count). The number of rotatable bonds is 4. The highest BCUT2D eigenvalue weighted by Gasteiger charge is 2.25. The van der Waals surface area contributed by atoms with Crippen LogP contribution in [0.4, 0.5) is 0 Å². The van der Waals surface area contributed by atoms with Crippen LogP contribution >= 0.6 is 0 Å². The monoisotopic (exact) mass is 181 g/mol. The first kappa shape index (κ1) is 10.3. The van der Waals surface area contributed by atoms with Gasteiger partial charge in [-0.1, -0.05) is 13.2 Å². The molecule has 0 saturated carbocycles. The van der Waals surface area contributed by atoms with Gasteiger partial charge >= 0.3 is 0 Å². The second-order valence-electron chi connectivity index (χ2n) is 3.67. The van der Waals surface area contributed by atoms with E-state index in [1.165, 1.54) is 12.8 Å². The molecular formula is C11H19NO. The molecule has 1 atom stereocenters. The van der Waals surface area contributed by atoms with E-state index in [2.05, 4.69) is 18.1 Å². The van der Waals surface area contributed by atoms with Gasteiger partial charge in [0.1, 0.15) is 0 Å². The van der Waals surface area contributed by atoms with Crippen molar-refractivity contribution >= 4 is 0 Å². The maximum atomic E-state index is 5.17. The highest BCUT2D eigenvalue weighted by molar-refractivity contribution is 5.23. The lowest BCUT2D eigenvalue weighted by Crippen LogP contribution is -2.32. The Morgan fingerprint density at radius 1 is 1.54 bits per heavy atom. The van der Waals surface area contributed by atoms with Gasteiger partial charge in [-0.3, -0.25) is 0 Å². The van der Waals surface area contributed by atoms with E-state index < -0.39 is 0 Å². The van der Waals surface area contributed by atoms with Gasteiger partial charge in [0.15, 0.2) is 0 Å². The van der Waals surface area contributed by atoms with Crippen molar-refractivity contribution < 1.29 is 4.74 Å². The molecule has 0 unspecified atom stereocenters. The maximum absolute atomic E-state index is 5.17. The first-order valence-corrected chi connectivity index (χ1v) is 4.77. The van der Waals surface area contributed by atoms with Crippen molar-refractivity contribution in [1.29, 1.82) is 0 Å². The minimum atomic E-state index is 0.509. The molecule has 1 aliphatic rings. The fraction of sp³-hybridized carbons (Fsp3) is 0.636. The zero-order valence-electron chi connectivity index (χ0n) is 8.68. The molecule has 0 aromatic carbocycles. The van der Waals surface area contributed by atoms with Crippen LogP contribution in [0.1, 0.15) is 19.8 Å². The third-order valence-corrected chi connectivity index (χ3v) is 2.58. The summed E-state index contributed by atoms with van der Waals surface area (Å²) in [6.07, 6.45) is 2.44. The number of hydrogen-bond donors (Lipinski definition) is 0. The normalized spacial score (nSPS) is 22.0. The van der Waals surface area contributed by atoms with Gasteiger partial charge in [0.05, 0.1) is 12.6 Å². The number of methoxy groups -OCH3 is 1. The lowest BCUT2D eigenvalue weighted by molar-refractivity contribution is 0.133. The summed E-state index contributed by atoms with van der Waals surface area (Å²) in [5.74, 6) is 0. The number of nitrogens with zero attached hydrogens (tertiary/aromatic N) is 1. The Labute approximate surface area is 80.9 Å². The Morgan fingerprint density at radius 3 is 2.77 bits per heavy atom. The van der Waals surface area contributed by atoms with Gasteiger partial charge in [-0.15, -0.1) is 0 Å². The van der Waals surface area contributed by atoms with Crippen molar-refractivity contribution in [2.45, 2.75) is 25.8 Å². The molecule has 1 heterocycles. The van der Waals surface area contributed by atoms with E-state index in [0.717, 1.165) is 24.4 Å². The topological polar surface area (TPSA) is 12.5 Å². The summed E-state index contributed by atoms with van der Waals surface area (Å²) in [4.78, 5) is 2.31. The van der Waals surface area contributed by atoms with Crippen molar-refractivity contribution in [3.8, 4) is 0 Å². The number of ether oxygens (including phenoxy) is 1. The van der Waals surface area contributed by atoms with Gasteiger partial charge in [0.25, 0.3) is 0 Å². The van der Waals surface area contributed by atoms with Gasteiger partial charge in [-0.25, -0.2) is 0 Å². The Kier molecular flexibility index (Phi) is 3.55. The van der Waals surface area contributed by atoms with Crippen LogP contribution in [0, 0.1) is 0 Å². The molecule has 0 spiro atoms. The van der Waals surface area contributed by atoms with Crippen molar-refractivity contribution in [2.24, 2.45) is 0 Å². The van der Waals surface area contributed by atoms with Crippen LogP contribution < -0.4 is 0 Å². The minimum Gasteiger partial charge on any atom is -0.383 e. The van der Waals surface area contributed by atoms with E-state index in [1.807, 2.05) is 6.92 Å². The average Bonchev–Trinajstić information content (AvgIpc) is 2.52. The molecule has 0 aromatic rings. The van der Waals surface area contributed by atoms with Crippen LogP contribution in [-0.2, 0) is 4.74 Å². The number of hydrogen-bond acceptors (Lipinski definition) is 2. The fourth-order valence-electron chi connectivity index (χ4n) is 1.80. The van der Waals surface area contributed by atoms with Crippen molar-refractivity contribution in [3.05, 3.63) is 24.4 Å². The zero-order chi connectivity index (χ0) is 9.84. The van der Waals surface area contributed by atoms with E-state index >= 15 is 0 Å². The summed E-state index contributed by atoms with van der Waals surface area (Å²) >= 11 is 0. The molecule has 13 heavy (non-hydrogen) atoms. The summed E-state index contributed by atoms with van der Waals surface area (Å²) in [5, 5.41) is 0. The van der Waals surface area contributed by atoms with Crippen LogP contribution in [-0.4, -0.2) is 31.2 Å². The van der Waals surface area contributed by atoms with Crippen LogP contribution in [0.5, 0.6) is 0 Å². The maximum Gasteiger partial charge on any atom is 0.0666 e. The van der Waals surface area contributed by atoms with Crippen LogP contribution in [0.3, 0.4) is 0 Å². The third-order valence-electron chi connectivity index (χ3n) is 2.58. The first-order valence-electron chi connectivity index (χ1n) is 4.77. The van der Waals surface area contributed by atoms with Crippen molar-refractivity contribution in [2.75, 3.05) is 20.3 Å². The minimum absolute atomic E-state index is 0.509. The molecule has 0 amide bonds. The van der Waals surface area contributed by atoms with E-state index in [9.17, 15) is 0 Å². The number of allylic oxidation sites excluding steroid dienone is 1. The summed E-state index contributed by atoms with van der Waals surface area (Å²) in [6, 6.07) is 0.509. The Bertz CT molecular complexity index is 210. The van der Waals surface area contributed by atoms with Crippen LogP contribution in [0.15, 0.2) is 24.4 Å². The standard InChI is InChI=1S/C11H19NO/c1-9(2)10(3)12-7-5-6-11(12)8-13-4/h11H,1,3,5-8H2,2,4H3/t11-/m0/s1. The Hall–Kier alpha value is -0.760. The molecule has 0 bridgehead atoms. The van der Waals surface area contributed by atoms with Gasteiger partial charge in [0, 0.05) is 19.4 Å². The van der Waals surface area contributed by atoms with Crippen molar-refractivity contribution in [1.82, 2.24) is 4.90 Å². The quantitative estimate of drug-likeness (QED) is 0.616. The SMILES string of the molecule is C=C(C)C(=C)N1CCC[C@H]1COC. The Balaban J connectivity index is 2.57. The molecule has 1 aliphatic heterocycles. The predicted octanol–water partition coefficient (Wildman–Crippen LogP) is 2.19. The van der Waals surface area contributed by atoms with Gasteiger partial charge in [0.2, 0.25) is 0 Å². The molecule has 2 nitrogen and oxygen atoms in total. The van der Waals surface area contributed by atoms with Crippen LogP contribution in [0.25, 0.3) is 0 Å². The van der Waals surface area contributed by atoms with E-state index in [4.69, 9.17) is 4.74 Å². The van der Waals surface area contributed by atoms with Gasteiger partial charge < -0.3 is 9.64 Å². The fourth-order valence-corrected chi connectivity index (χ4v) is 1.80. The lowest BCUT2D eigenvalue weighted by Gasteiger charge is -2.28. The highest BCUT2D eigenvalue weighted by atomic mass is 16.5. The second-order valence-corrected chi connectivity index (χ2v) is 3.67. The third kappa shape index (κ3) is 2.34. The molecule has 1 fully saturated rings. The Morgan fingerprint density at radius 2 is 2.23 bits per heavy atom. The molecule has 74 valence electrons. The molecule has 0 N–H and O–H groups in total. The highest BCUT2D eigenvalue weighted by Crippen LogP contribution is 2.24. The summed E-state index contributed by atoms with van der Waals surface area (Å²) in [6.45, 7) is 11.9. The van der Waals surface area contributed by atoms with Crippen LogP contribution in [0.2, 0.25) is 0 Å².